The van der Waals surface area contributed by atoms with Gasteiger partial charge in [0.1, 0.15) is 24.6 Å². The maximum absolute atomic E-state index is 13.8. The first kappa shape index (κ1) is 24.9. The molecule has 5 rings (SSSR count). The number of hydrogen-bond acceptors (Lipinski definition) is 8. The van der Waals surface area contributed by atoms with Crippen LogP contribution >= 0.6 is 0 Å². The summed E-state index contributed by atoms with van der Waals surface area (Å²) in [5.74, 6) is -0.448. The molecule has 2 aliphatic rings. The van der Waals surface area contributed by atoms with Crippen LogP contribution in [0.2, 0.25) is 0 Å². The van der Waals surface area contributed by atoms with Gasteiger partial charge in [0.25, 0.3) is 0 Å². The van der Waals surface area contributed by atoms with Crippen molar-refractivity contribution in [3.05, 3.63) is 77.0 Å². The minimum atomic E-state index is -1.69. The molecule has 0 amide bonds. The number of nitriles is 2. The van der Waals surface area contributed by atoms with Gasteiger partial charge in [0.2, 0.25) is 0 Å². The van der Waals surface area contributed by atoms with Crippen molar-refractivity contribution in [1.82, 2.24) is 21.0 Å². The minimum absolute atomic E-state index is 0.0901. The predicted octanol–water partition coefficient (Wildman–Crippen LogP) is 5.40. The van der Waals surface area contributed by atoms with Crippen LogP contribution in [-0.4, -0.2) is 28.8 Å². The van der Waals surface area contributed by atoms with Crippen molar-refractivity contribution in [2.24, 2.45) is 5.41 Å². The molecule has 200 valence electrons. The van der Waals surface area contributed by atoms with Gasteiger partial charge in [0.05, 0.1) is 41.0 Å². The molecule has 1 aromatic heterocycles. The average Bonchev–Trinajstić information content (AvgIpc) is 3.57. The number of fused-ring (bicyclic) bond motifs is 1. The van der Waals surface area contributed by atoms with Crippen molar-refractivity contribution in [3.63, 3.8) is 0 Å². The lowest BCUT2D eigenvalue weighted by molar-refractivity contribution is 0.146. The number of aromatic nitrogens is 1. The van der Waals surface area contributed by atoms with Crippen LogP contribution in [0.3, 0.4) is 0 Å². The zero-order chi connectivity index (χ0) is 28.7. The first-order valence-corrected chi connectivity index (χ1v) is 12.7. The number of hydrogen-bond donors (Lipinski definition) is 4. The van der Waals surface area contributed by atoms with Crippen molar-refractivity contribution in [1.29, 1.82) is 10.5 Å². The van der Waals surface area contributed by atoms with Crippen molar-refractivity contribution >= 4 is 22.3 Å². The standard InChI is InChI=1S/C29H30F2N8/c1-28(2,3)17-35-26-20(13-33)14-34-25-19(12-32)10-22(11-23(25)26)36-27(18-4-6-21(31)7-5-18)24-15-39(38-37-24)29(16-30)8-9-29/h4-7,10-11,14-15,27,36-38H,8-9,16-17H2,1-3H3,(H,34,35)/t27-/m1/s1/i27D. The van der Waals surface area contributed by atoms with Crippen LogP contribution in [0.5, 0.6) is 0 Å². The number of alkyl halides is 1. The van der Waals surface area contributed by atoms with Crippen LogP contribution in [0.25, 0.3) is 10.9 Å². The molecule has 1 aliphatic heterocycles. The molecular formula is C29H30F2N8. The van der Waals surface area contributed by atoms with Crippen molar-refractivity contribution in [2.75, 3.05) is 23.9 Å². The lowest BCUT2D eigenvalue weighted by Crippen LogP contribution is -2.46. The largest absolute Gasteiger partial charge is 0.383 e. The Hall–Kier alpha value is -4.41. The SMILES string of the molecule is [2H][C@](Nc1cc(C#N)c2ncc(C#N)c(NCC(C)(C)C)c2c1)(C1=CN(C2(CF)CC2)NN1)c1ccc(F)cc1. The lowest BCUT2D eigenvalue weighted by atomic mass is 9.96. The monoisotopic (exact) mass is 529 g/mol. The van der Waals surface area contributed by atoms with E-state index in [0.29, 0.717) is 58.5 Å². The second-order valence-corrected chi connectivity index (χ2v) is 11.1. The molecule has 1 saturated carbocycles. The van der Waals surface area contributed by atoms with E-state index >= 15 is 0 Å². The van der Waals surface area contributed by atoms with Gasteiger partial charge in [0, 0.05) is 30.0 Å². The summed E-state index contributed by atoms with van der Waals surface area (Å²) in [6.45, 7) is 6.21. The second kappa shape index (κ2) is 10.0. The summed E-state index contributed by atoms with van der Waals surface area (Å²) in [6.07, 6.45) is 4.44. The maximum atomic E-state index is 13.8. The van der Waals surface area contributed by atoms with E-state index in [2.05, 4.69) is 59.5 Å². The summed E-state index contributed by atoms with van der Waals surface area (Å²) in [6, 6.07) is 11.5. The van der Waals surface area contributed by atoms with Gasteiger partial charge in [-0.2, -0.15) is 10.5 Å². The third kappa shape index (κ3) is 5.29. The molecule has 0 bridgehead atoms. The molecule has 1 aliphatic carbocycles. The second-order valence-electron chi connectivity index (χ2n) is 11.1. The molecular weight excluding hydrogens is 498 g/mol. The van der Waals surface area contributed by atoms with E-state index in [4.69, 9.17) is 0 Å². The highest BCUT2D eigenvalue weighted by Crippen LogP contribution is 2.43. The summed E-state index contributed by atoms with van der Waals surface area (Å²) in [4.78, 5) is 4.39. The van der Waals surface area contributed by atoms with Crippen molar-refractivity contribution in [3.8, 4) is 12.1 Å². The fourth-order valence-corrected chi connectivity index (χ4v) is 4.42. The maximum Gasteiger partial charge on any atom is 0.123 e. The Labute approximate surface area is 227 Å². The van der Waals surface area contributed by atoms with Crippen LogP contribution < -0.4 is 21.6 Å². The Morgan fingerprint density at radius 3 is 2.51 bits per heavy atom. The van der Waals surface area contributed by atoms with Crippen LogP contribution in [0.1, 0.15) is 57.7 Å². The number of pyridine rings is 1. The fraction of sp³-hybridized carbons (Fsp3) is 0.345. The van der Waals surface area contributed by atoms with Crippen LogP contribution in [0.4, 0.5) is 20.2 Å². The number of halogens is 2. The molecule has 0 unspecified atom stereocenters. The van der Waals surface area contributed by atoms with Gasteiger partial charge in [-0.3, -0.25) is 9.99 Å². The predicted molar refractivity (Wildman–Crippen MR) is 146 cm³/mol. The molecule has 4 N–H and O–H groups in total. The summed E-state index contributed by atoms with van der Waals surface area (Å²) in [5, 5.41) is 28.5. The van der Waals surface area contributed by atoms with Crippen molar-refractivity contribution in [2.45, 2.75) is 45.2 Å². The first-order chi connectivity index (χ1) is 19.0. The molecule has 0 radical (unpaired) electrons. The van der Waals surface area contributed by atoms with E-state index in [1.54, 1.807) is 23.3 Å². The quantitative estimate of drug-likeness (QED) is 0.307. The van der Waals surface area contributed by atoms with Gasteiger partial charge in [-0.05, 0) is 48.1 Å². The number of anilines is 2. The van der Waals surface area contributed by atoms with E-state index in [9.17, 15) is 20.7 Å². The summed E-state index contributed by atoms with van der Waals surface area (Å²) in [5.41, 5.74) is 7.91. The average molecular weight is 530 g/mol. The number of hydrazine groups is 2. The van der Waals surface area contributed by atoms with E-state index < -0.39 is 24.0 Å². The Morgan fingerprint density at radius 2 is 1.90 bits per heavy atom. The Balaban J connectivity index is 1.63. The highest BCUT2D eigenvalue weighted by Gasteiger charge is 2.49. The molecule has 0 saturated heterocycles. The van der Waals surface area contributed by atoms with Gasteiger partial charge < -0.3 is 16.1 Å². The van der Waals surface area contributed by atoms with Crippen molar-refractivity contribution < 1.29 is 10.2 Å². The van der Waals surface area contributed by atoms with E-state index in [0.717, 1.165) is 0 Å². The van der Waals surface area contributed by atoms with Gasteiger partial charge in [0.15, 0.2) is 0 Å². The fourth-order valence-electron chi connectivity index (χ4n) is 4.42. The minimum Gasteiger partial charge on any atom is -0.383 e. The molecule has 39 heavy (non-hydrogen) atoms. The number of nitrogens with one attached hydrogen (secondary N) is 4. The summed E-state index contributed by atoms with van der Waals surface area (Å²) < 4.78 is 37.2. The molecule has 3 aromatic rings. The molecule has 2 heterocycles. The van der Waals surface area contributed by atoms with E-state index in [1.807, 2.05) is 0 Å². The number of rotatable bonds is 8. The third-order valence-corrected chi connectivity index (χ3v) is 6.84. The summed E-state index contributed by atoms with van der Waals surface area (Å²) >= 11 is 0. The molecule has 8 nitrogen and oxygen atoms in total. The topological polar surface area (TPSA) is 112 Å². The van der Waals surface area contributed by atoms with Crippen LogP contribution in [-0.2, 0) is 0 Å². The molecule has 2 aromatic carbocycles. The number of benzene rings is 2. The molecule has 0 spiro atoms. The van der Waals surface area contributed by atoms with Gasteiger partial charge in [-0.15, -0.1) is 5.53 Å². The third-order valence-electron chi connectivity index (χ3n) is 6.84. The van der Waals surface area contributed by atoms with Gasteiger partial charge in [-0.25, -0.2) is 8.78 Å². The van der Waals surface area contributed by atoms with Crippen LogP contribution in [0, 0.1) is 33.9 Å². The normalized spacial score (nSPS) is 17.8. The molecule has 1 fully saturated rings. The lowest BCUT2D eigenvalue weighted by Gasteiger charge is -2.24. The van der Waals surface area contributed by atoms with E-state index in [-0.39, 0.29) is 11.0 Å². The van der Waals surface area contributed by atoms with Crippen LogP contribution in [0.15, 0.2) is 54.5 Å². The smallest absolute Gasteiger partial charge is 0.123 e. The highest BCUT2D eigenvalue weighted by atomic mass is 19.1. The highest BCUT2D eigenvalue weighted by molar-refractivity contribution is 5.99. The number of nitrogens with zero attached hydrogens (tertiary/aromatic N) is 4. The van der Waals surface area contributed by atoms with Gasteiger partial charge >= 0.3 is 0 Å². The molecule has 1 atom stereocenters. The Kier molecular flexibility index (Phi) is 6.41. The van der Waals surface area contributed by atoms with Gasteiger partial charge in [-0.1, -0.05) is 32.9 Å². The Bertz CT molecular complexity index is 1560. The molecule has 10 heteroatoms. The first-order valence-electron chi connectivity index (χ1n) is 13.2. The zero-order valence-electron chi connectivity index (χ0n) is 23.0. The summed E-state index contributed by atoms with van der Waals surface area (Å²) in [7, 11) is 0. The zero-order valence-corrected chi connectivity index (χ0v) is 22.0. The Morgan fingerprint density at radius 1 is 1.18 bits per heavy atom. The van der Waals surface area contributed by atoms with E-state index in [1.165, 1.54) is 30.5 Å².